The zero-order chi connectivity index (χ0) is 22.9. The van der Waals surface area contributed by atoms with Crippen molar-refractivity contribution in [1.82, 2.24) is 19.4 Å². The Morgan fingerprint density at radius 1 is 1.22 bits per heavy atom. The number of primary amides is 1. The lowest BCUT2D eigenvalue weighted by Crippen LogP contribution is -2.59. The molecule has 1 aromatic carbocycles. The number of aromatic nitrogens is 3. The Morgan fingerprint density at radius 2 is 1.94 bits per heavy atom. The SMILES string of the molecule is CCOCc1nc2c(N)nc3ccccc3c2n1CC1(N(C(N)=O)C(C)C)CCCCC1. The first-order valence-electron chi connectivity index (χ1n) is 11.6. The van der Waals surface area contributed by atoms with Crippen molar-refractivity contribution >= 4 is 33.8 Å². The Labute approximate surface area is 188 Å². The molecule has 3 aromatic rings. The van der Waals surface area contributed by atoms with E-state index < -0.39 is 0 Å². The van der Waals surface area contributed by atoms with Gasteiger partial charge in [0, 0.05) is 24.6 Å². The van der Waals surface area contributed by atoms with Crippen LogP contribution in [0, 0.1) is 0 Å². The van der Waals surface area contributed by atoms with Crippen molar-refractivity contribution in [1.29, 1.82) is 0 Å². The molecule has 0 atom stereocenters. The Bertz CT molecular complexity index is 1120. The van der Waals surface area contributed by atoms with Crippen molar-refractivity contribution in [2.45, 2.75) is 77.6 Å². The first-order valence-corrected chi connectivity index (χ1v) is 11.6. The molecule has 0 aliphatic heterocycles. The summed E-state index contributed by atoms with van der Waals surface area (Å²) in [5.74, 6) is 1.20. The van der Waals surface area contributed by atoms with E-state index in [0.29, 0.717) is 31.1 Å². The van der Waals surface area contributed by atoms with Crippen molar-refractivity contribution in [3.05, 3.63) is 30.1 Å². The van der Waals surface area contributed by atoms with Crippen LogP contribution >= 0.6 is 0 Å². The molecule has 4 N–H and O–H groups in total. The maximum Gasteiger partial charge on any atom is 0.315 e. The molecule has 172 valence electrons. The minimum atomic E-state index is -0.383. The van der Waals surface area contributed by atoms with E-state index in [1.165, 1.54) is 6.42 Å². The van der Waals surface area contributed by atoms with Gasteiger partial charge in [0.15, 0.2) is 5.82 Å². The number of nitrogens with zero attached hydrogens (tertiary/aromatic N) is 4. The topological polar surface area (TPSA) is 112 Å². The third-order valence-electron chi connectivity index (χ3n) is 6.63. The van der Waals surface area contributed by atoms with Crippen molar-refractivity contribution in [3.63, 3.8) is 0 Å². The fourth-order valence-corrected chi connectivity index (χ4v) is 5.39. The number of hydrogen-bond donors (Lipinski definition) is 2. The molecule has 8 nitrogen and oxygen atoms in total. The monoisotopic (exact) mass is 438 g/mol. The summed E-state index contributed by atoms with van der Waals surface area (Å²) in [6, 6.07) is 7.60. The van der Waals surface area contributed by atoms with Crippen molar-refractivity contribution < 1.29 is 9.53 Å². The molecule has 1 fully saturated rings. The number of amides is 2. The van der Waals surface area contributed by atoms with Crippen LogP contribution in [-0.2, 0) is 17.9 Å². The van der Waals surface area contributed by atoms with E-state index in [0.717, 1.165) is 47.9 Å². The normalized spacial score (nSPS) is 16.1. The molecule has 1 aliphatic carbocycles. The summed E-state index contributed by atoms with van der Waals surface area (Å²) in [6.45, 7) is 7.58. The number of ether oxygens (including phenoxy) is 1. The summed E-state index contributed by atoms with van der Waals surface area (Å²) < 4.78 is 7.97. The van der Waals surface area contributed by atoms with Crippen LogP contribution in [0.4, 0.5) is 10.6 Å². The molecule has 2 heterocycles. The molecule has 2 aromatic heterocycles. The van der Waals surface area contributed by atoms with E-state index in [-0.39, 0.29) is 17.6 Å². The summed E-state index contributed by atoms with van der Waals surface area (Å²) in [5.41, 5.74) is 14.3. The van der Waals surface area contributed by atoms with Crippen LogP contribution in [0.3, 0.4) is 0 Å². The number of fused-ring (bicyclic) bond motifs is 3. The second-order valence-electron chi connectivity index (χ2n) is 9.05. The zero-order valence-corrected chi connectivity index (χ0v) is 19.3. The van der Waals surface area contributed by atoms with E-state index in [9.17, 15) is 4.79 Å². The molecular formula is C24H34N6O2. The van der Waals surface area contributed by atoms with Crippen LogP contribution in [0.25, 0.3) is 21.9 Å². The van der Waals surface area contributed by atoms with Gasteiger partial charge in [0.05, 0.1) is 16.6 Å². The molecule has 1 saturated carbocycles. The van der Waals surface area contributed by atoms with Crippen molar-refractivity contribution in [3.8, 4) is 0 Å². The largest absolute Gasteiger partial charge is 0.382 e. The van der Waals surface area contributed by atoms with E-state index in [1.807, 2.05) is 43.9 Å². The highest BCUT2D eigenvalue weighted by atomic mass is 16.5. The maximum atomic E-state index is 12.6. The quantitative estimate of drug-likeness (QED) is 0.574. The second kappa shape index (κ2) is 8.94. The predicted octanol–water partition coefficient (Wildman–Crippen LogP) is 4.20. The van der Waals surface area contributed by atoms with Crippen LogP contribution in [0.1, 0.15) is 58.7 Å². The lowest BCUT2D eigenvalue weighted by atomic mass is 9.79. The molecule has 1 aliphatic rings. The van der Waals surface area contributed by atoms with Gasteiger partial charge in [-0.05, 0) is 39.7 Å². The Morgan fingerprint density at radius 3 is 2.59 bits per heavy atom. The zero-order valence-electron chi connectivity index (χ0n) is 19.3. The van der Waals surface area contributed by atoms with Gasteiger partial charge in [-0.25, -0.2) is 14.8 Å². The molecule has 8 heteroatoms. The van der Waals surface area contributed by atoms with Gasteiger partial charge >= 0.3 is 6.03 Å². The highest BCUT2D eigenvalue weighted by Gasteiger charge is 2.42. The number of rotatable bonds is 7. The lowest BCUT2D eigenvalue weighted by molar-refractivity contribution is 0.0441. The molecule has 0 bridgehead atoms. The number of imidazole rings is 1. The van der Waals surface area contributed by atoms with Crippen molar-refractivity contribution in [2.24, 2.45) is 5.73 Å². The van der Waals surface area contributed by atoms with Gasteiger partial charge in [-0.1, -0.05) is 37.5 Å². The molecule has 32 heavy (non-hydrogen) atoms. The first kappa shape index (κ1) is 22.3. The number of urea groups is 1. The molecule has 2 amide bonds. The van der Waals surface area contributed by atoms with E-state index >= 15 is 0 Å². The van der Waals surface area contributed by atoms with Crippen LogP contribution < -0.4 is 11.5 Å². The van der Waals surface area contributed by atoms with Gasteiger partial charge in [0.2, 0.25) is 0 Å². The summed E-state index contributed by atoms with van der Waals surface area (Å²) in [4.78, 5) is 23.9. The summed E-state index contributed by atoms with van der Waals surface area (Å²) in [7, 11) is 0. The number of para-hydroxylation sites is 1. The van der Waals surface area contributed by atoms with Gasteiger partial charge in [0.25, 0.3) is 0 Å². The van der Waals surface area contributed by atoms with Crippen LogP contribution in [-0.4, -0.2) is 43.7 Å². The Hall–Kier alpha value is -2.87. The van der Waals surface area contributed by atoms with Gasteiger partial charge in [0.1, 0.15) is 17.9 Å². The fourth-order valence-electron chi connectivity index (χ4n) is 5.39. The molecule has 0 radical (unpaired) electrons. The standard InChI is InChI=1S/C24H34N6O2/c1-4-32-14-19-28-20-21(17-10-6-7-11-18(17)27-22(20)25)29(19)15-24(12-8-5-9-13-24)30(16(2)3)23(26)31/h6-7,10-11,16H,4-5,8-9,12-15H2,1-3H3,(H2,25,27)(H2,26,31). The summed E-state index contributed by atoms with van der Waals surface area (Å²) >= 11 is 0. The number of hydrogen-bond acceptors (Lipinski definition) is 5. The average Bonchev–Trinajstić information content (AvgIpc) is 3.11. The number of carbonyl (C=O) groups is 1. The number of benzene rings is 1. The highest BCUT2D eigenvalue weighted by Crippen LogP contribution is 2.39. The van der Waals surface area contributed by atoms with Crippen molar-refractivity contribution in [2.75, 3.05) is 12.3 Å². The summed E-state index contributed by atoms with van der Waals surface area (Å²) in [6.07, 6.45) is 5.10. The number of pyridine rings is 1. The van der Waals surface area contributed by atoms with E-state index in [4.69, 9.17) is 21.2 Å². The minimum Gasteiger partial charge on any atom is -0.382 e. The molecule has 0 spiro atoms. The molecule has 0 unspecified atom stereocenters. The third-order valence-corrected chi connectivity index (χ3v) is 6.63. The lowest BCUT2D eigenvalue weighted by Gasteiger charge is -2.48. The maximum absolute atomic E-state index is 12.6. The van der Waals surface area contributed by atoms with Crippen LogP contribution in [0.15, 0.2) is 24.3 Å². The number of anilines is 1. The number of nitrogen functional groups attached to an aromatic ring is 1. The third kappa shape index (κ3) is 3.88. The second-order valence-corrected chi connectivity index (χ2v) is 9.05. The van der Waals surface area contributed by atoms with E-state index in [1.54, 1.807) is 0 Å². The Kier molecular flexibility index (Phi) is 6.24. The number of nitrogens with two attached hydrogens (primary N) is 2. The van der Waals surface area contributed by atoms with Gasteiger partial charge in [-0.15, -0.1) is 0 Å². The fraction of sp³-hybridized carbons (Fsp3) is 0.542. The predicted molar refractivity (Wildman–Crippen MR) is 127 cm³/mol. The number of carbonyl (C=O) groups excluding carboxylic acids is 1. The molecule has 0 saturated heterocycles. The van der Waals surface area contributed by atoms with E-state index in [2.05, 4.69) is 15.6 Å². The van der Waals surface area contributed by atoms with Crippen LogP contribution in [0.2, 0.25) is 0 Å². The average molecular weight is 439 g/mol. The molecule has 4 rings (SSSR count). The highest BCUT2D eigenvalue weighted by molar-refractivity contribution is 6.06. The minimum absolute atomic E-state index is 0.000734. The van der Waals surface area contributed by atoms with Gasteiger partial charge < -0.3 is 25.7 Å². The van der Waals surface area contributed by atoms with Crippen LogP contribution in [0.5, 0.6) is 0 Å². The molecular weight excluding hydrogens is 404 g/mol. The first-order chi connectivity index (χ1) is 15.4. The van der Waals surface area contributed by atoms with Gasteiger partial charge in [-0.2, -0.15) is 0 Å². The smallest absolute Gasteiger partial charge is 0.315 e. The van der Waals surface area contributed by atoms with Gasteiger partial charge in [-0.3, -0.25) is 0 Å². The Balaban J connectivity index is 1.95. The summed E-state index contributed by atoms with van der Waals surface area (Å²) in [5, 5.41) is 0.994.